The largest absolute Gasteiger partial charge is 0.507 e. The number of allylic oxidation sites excluding steroid dienone is 1. The van der Waals surface area contributed by atoms with Crippen LogP contribution in [0, 0.1) is 10.1 Å². The summed E-state index contributed by atoms with van der Waals surface area (Å²) < 4.78 is 0. The topological polar surface area (TPSA) is 91.0 Å². The summed E-state index contributed by atoms with van der Waals surface area (Å²) in [6.45, 7) is 1.92. The molecule has 0 bridgehead atoms. The Labute approximate surface area is 110 Å². The van der Waals surface area contributed by atoms with Gasteiger partial charge in [-0.3, -0.25) is 10.1 Å². The summed E-state index contributed by atoms with van der Waals surface area (Å²) in [7, 11) is 0. The molecule has 0 aliphatic heterocycles. The first-order valence-electron chi connectivity index (χ1n) is 5.60. The number of nitro groups is 1. The normalized spacial score (nSPS) is 13.4. The van der Waals surface area contributed by atoms with Crippen molar-refractivity contribution < 1.29 is 15.8 Å². The van der Waals surface area contributed by atoms with Gasteiger partial charge in [0.15, 0.2) is 0 Å². The van der Waals surface area contributed by atoms with Crippen LogP contribution in [-0.4, -0.2) is 16.1 Å². The van der Waals surface area contributed by atoms with Crippen molar-refractivity contribution in [2.24, 2.45) is 0 Å². The van der Waals surface area contributed by atoms with Gasteiger partial charge in [-0.2, -0.15) is 0 Å². The van der Waals surface area contributed by atoms with Crippen molar-refractivity contribution >= 4 is 17.3 Å². The molecule has 0 fully saturated rings. The van der Waals surface area contributed by atoms with Crippen molar-refractivity contribution in [2.75, 3.05) is 0 Å². The van der Waals surface area contributed by atoms with Crippen LogP contribution >= 0.6 is 11.6 Å². The van der Waals surface area contributed by atoms with Gasteiger partial charge >= 0.3 is 0 Å². The zero-order chi connectivity index (χ0) is 13.7. The number of benzene rings is 1. The monoisotopic (exact) mass is 271 g/mol. The Kier molecular flexibility index (Phi) is 5.12. The molecule has 0 aliphatic rings. The molecule has 1 aromatic carbocycles. The van der Waals surface area contributed by atoms with Gasteiger partial charge in [-0.25, -0.2) is 0 Å². The summed E-state index contributed by atoms with van der Waals surface area (Å²) in [5, 5.41) is 20.5. The Morgan fingerprint density at radius 3 is 2.83 bits per heavy atom. The predicted octanol–water partition coefficient (Wildman–Crippen LogP) is 2.25. The molecule has 6 heteroatoms. The van der Waals surface area contributed by atoms with E-state index >= 15 is 0 Å². The van der Waals surface area contributed by atoms with Crippen LogP contribution in [0.4, 0.5) is 5.69 Å². The zero-order valence-corrected chi connectivity index (χ0v) is 10.9. The van der Waals surface area contributed by atoms with Gasteiger partial charge in [0.25, 0.3) is 5.69 Å². The molecule has 1 aromatic rings. The van der Waals surface area contributed by atoms with E-state index in [9.17, 15) is 15.2 Å². The first-order chi connectivity index (χ1) is 8.45. The van der Waals surface area contributed by atoms with Crippen molar-refractivity contribution in [2.45, 2.75) is 25.8 Å². The third-order valence-electron chi connectivity index (χ3n) is 2.55. The highest BCUT2D eigenvalue weighted by molar-refractivity contribution is 6.31. The molecular weight excluding hydrogens is 256 g/mol. The summed E-state index contributed by atoms with van der Waals surface area (Å²) in [4.78, 5) is 10.1. The minimum atomic E-state index is -0.494. The number of hydrogen-bond acceptors (Lipinski definition) is 3. The highest BCUT2D eigenvalue weighted by Gasteiger charge is 2.16. The fraction of sp³-hybridized carbons (Fsp3) is 0.333. The maximum atomic E-state index is 10.6. The Bertz CT molecular complexity index is 474. The minimum Gasteiger partial charge on any atom is -0.507 e. The lowest BCUT2D eigenvalue weighted by Crippen LogP contribution is -2.62. The molecule has 0 spiro atoms. The second-order valence-corrected chi connectivity index (χ2v) is 4.38. The zero-order valence-electron chi connectivity index (χ0n) is 10.1. The Balaban J connectivity index is 2.86. The molecule has 98 valence electrons. The van der Waals surface area contributed by atoms with Crippen LogP contribution in [0.3, 0.4) is 0 Å². The molecule has 1 rings (SSSR count). The number of nitro benzene ring substituents is 1. The second kappa shape index (κ2) is 6.37. The molecule has 0 aromatic heterocycles. The number of hydrogen-bond donors (Lipinski definition) is 2. The molecule has 0 saturated carbocycles. The minimum absolute atomic E-state index is 0.0438. The quantitative estimate of drug-likeness (QED) is 0.489. The Morgan fingerprint density at radius 1 is 1.67 bits per heavy atom. The fourth-order valence-corrected chi connectivity index (χ4v) is 1.81. The summed E-state index contributed by atoms with van der Waals surface area (Å²) in [6.07, 6.45) is 2.86. The molecule has 0 heterocycles. The van der Waals surface area contributed by atoms with E-state index in [1.165, 1.54) is 12.1 Å². The third-order valence-corrected chi connectivity index (χ3v) is 2.90. The van der Waals surface area contributed by atoms with Gasteiger partial charge in [0.1, 0.15) is 11.8 Å². The molecule has 0 saturated heterocycles. The van der Waals surface area contributed by atoms with Crippen LogP contribution in [0.1, 0.15) is 18.9 Å². The molecule has 0 aliphatic carbocycles. The second-order valence-electron chi connectivity index (χ2n) is 3.97. The summed E-state index contributed by atoms with van der Waals surface area (Å²) >= 11 is 5.97. The van der Waals surface area contributed by atoms with E-state index in [2.05, 4.69) is 5.73 Å². The van der Waals surface area contributed by atoms with Gasteiger partial charge in [0.2, 0.25) is 0 Å². The number of rotatable bonds is 5. The van der Waals surface area contributed by atoms with Crippen molar-refractivity contribution in [1.82, 2.24) is 0 Å². The molecule has 0 amide bonds. The lowest BCUT2D eigenvalue weighted by Gasteiger charge is -2.09. The van der Waals surface area contributed by atoms with E-state index < -0.39 is 4.92 Å². The lowest BCUT2D eigenvalue weighted by atomic mass is 10.0. The summed E-state index contributed by atoms with van der Waals surface area (Å²) in [5.74, 6) is 0.215. The molecule has 4 N–H and O–H groups in total. The SMILES string of the molecule is CC/C=C(/O)C([NH3+])Cc1ccc([N+](=O)[O-])cc1Cl. The number of halogens is 1. The number of nitrogens with zero attached hydrogens (tertiary/aromatic N) is 1. The average molecular weight is 272 g/mol. The lowest BCUT2D eigenvalue weighted by molar-refractivity contribution is -0.412. The maximum absolute atomic E-state index is 10.6. The van der Waals surface area contributed by atoms with Crippen LogP contribution in [0.15, 0.2) is 30.0 Å². The van der Waals surface area contributed by atoms with Gasteiger partial charge in [-0.1, -0.05) is 24.6 Å². The van der Waals surface area contributed by atoms with E-state index in [0.717, 1.165) is 12.0 Å². The Morgan fingerprint density at radius 2 is 2.33 bits per heavy atom. The smallest absolute Gasteiger partial charge is 0.270 e. The van der Waals surface area contributed by atoms with Gasteiger partial charge in [-0.05, 0) is 18.1 Å². The van der Waals surface area contributed by atoms with Crippen molar-refractivity contribution in [3.05, 3.63) is 50.7 Å². The van der Waals surface area contributed by atoms with Gasteiger partial charge in [-0.15, -0.1) is 0 Å². The first-order valence-corrected chi connectivity index (χ1v) is 5.98. The van der Waals surface area contributed by atoms with Crippen molar-refractivity contribution in [3.63, 3.8) is 0 Å². The van der Waals surface area contributed by atoms with Crippen molar-refractivity contribution in [3.8, 4) is 0 Å². The first kappa shape index (κ1) is 14.5. The average Bonchev–Trinajstić information content (AvgIpc) is 2.31. The van der Waals surface area contributed by atoms with E-state index in [-0.39, 0.29) is 17.5 Å². The predicted molar refractivity (Wildman–Crippen MR) is 69.5 cm³/mol. The molecule has 18 heavy (non-hydrogen) atoms. The molecule has 1 atom stereocenters. The molecular formula is C12H16ClN2O3+. The maximum Gasteiger partial charge on any atom is 0.270 e. The fourth-order valence-electron chi connectivity index (χ4n) is 1.56. The van der Waals surface area contributed by atoms with Crippen molar-refractivity contribution in [1.29, 1.82) is 0 Å². The highest BCUT2D eigenvalue weighted by atomic mass is 35.5. The van der Waals surface area contributed by atoms with Crippen LogP contribution in [0.25, 0.3) is 0 Å². The van der Waals surface area contributed by atoms with E-state index in [1.807, 2.05) is 6.92 Å². The van der Waals surface area contributed by atoms with Gasteiger partial charge in [0.05, 0.1) is 9.95 Å². The summed E-state index contributed by atoms with van der Waals surface area (Å²) in [5.41, 5.74) is 4.53. The van der Waals surface area contributed by atoms with Crippen LogP contribution < -0.4 is 5.73 Å². The van der Waals surface area contributed by atoms with Crippen LogP contribution in [-0.2, 0) is 6.42 Å². The molecule has 0 radical (unpaired) electrons. The van der Waals surface area contributed by atoms with E-state index in [1.54, 1.807) is 12.1 Å². The number of non-ortho nitro benzene ring substituents is 1. The standard InChI is InChI=1S/C12H15ClN2O3/c1-2-3-12(16)11(14)6-8-4-5-9(15(17)18)7-10(8)13/h3-5,7,11,16H,2,6,14H2,1H3/p+1/b12-3+. The van der Waals surface area contributed by atoms with E-state index in [0.29, 0.717) is 11.4 Å². The highest BCUT2D eigenvalue weighted by Crippen LogP contribution is 2.23. The molecule has 5 nitrogen and oxygen atoms in total. The number of quaternary nitrogens is 1. The Hall–Kier alpha value is -1.59. The summed E-state index contributed by atoms with van der Waals surface area (Å²) in [6, 6.07) is 4.00. The van der Waals surface area contributed by atoms with Crippen LogP contribution in [0.5, 0.6) is 0 Å². The number of aliphatic hydroxyl groups excluding tert-OH is 1. The van der Waals surface area contributed by atoms with Crippen LogP contribution in [0.2, 0.25) is 5.02 Å². The van der Waals surface area contributed by atoms with Gasteiger partial charge in [0, 0.05) is 18.6 Å². The number of aliphatic hydroxyl groups is 1. The van der Waals surface area contributed by atoms with E-state index in [4.69, 9.17) is 11.6 Å². The molecule has 1 unspecified atom stereocenters. The van der Waals surface area contributed by atoms with Gasteiger partial charge < -0.3 is 10.8 Å². The third kappa shape index (κ3) is 3.72.